The lowest BCUT2D eigenvalue weighted by Gasteiger charge is -2.21. The number of aryl methyl sites for hydroxylation is 2. The smallest absolute Gasteiger partial charge is 0.260 e. The number of sulfonamides is 1. The zero-order valence-corrected chi connectivity index (χ0v) is 20.7. The molecule has 9 heteroatoms. The predicted molar refractivity (Wildman–Crippen MR) is 132 cm³/mol. The molecule has 2 aromatic carbocycles. The number of amides is 1. The zero-order valence-electron chi connectivity index (χ0n) is 18.3. The van der Waals surface area contributed by atoms with Gasteiger partial charge in [-0.15, -0.1) is 0 Å². The van der Waals surface area contributed by atoms with Gasteiger partial charge in [0.1, 0.15) is 6.54 Å². The number of hydrogen-bond acceptors (Lipinski definition) is 4. The number of carbonyl (C=O) groups is 1. The molecule has 1 amide bonds. The van der Waals surface area contributed by atoms with Crippen LogP contribution in [0.4, 0.5) is 5.69 Å². The van der Waals surface area contributed by atoms with E-state index in [0.29, 0.717) is 10.2 Å². The topological polar surface area (TPSA) is 83.8 Å². The molecule has 0 aliphatic heterocycles. The van der Waals surface area contributed by atoms with Gasteiger partial charge in [-0.05, 0) is 56.7 Å². The van der Waals surface area contributed by atoms with Crippen LogP contribution in [-0.4, -0.2) is 37.9 Å². The van der Waals surface area contributed by atoms with E-state index in [2.05, 4.69) is 50.1 Å². The van der Waals surface area contributed by atoms with Gasteiger partial charge in [-0.2, -0.15) is 5.10 Å². The minimum Gasteiger partial charge on any atom is -0.318 e. The number of aromatic nitrogens is 1. The van der Waals surface area contributed by atoms with Gasteiger partial charge in [0.05, 0.1) is 18.2 Å². The summed E-state index contributed by atoms with van der Waals surface area (Å²) in [6, 6.07) is 16.8. The maximum absolute atomic E-state index is 12.4. The Morgan fingerprint density at radius 2 is 1.84 bits per heavy atom. The molecule has 0 bridgehead atoms. The summed E-state index contributed by atoms with van der Waals surface area (Å²) in [5.41, 5.74) is 7.95. The highest BCUT2D eigenvalue weighted by Gasteiger charge is 2.21. The minimum absolute atomic E-state index is 0.380. The van der Waals surface area contributed by atoms with Crippen LogP contribution in [-0.2, 0) is 14.8 Å². The fourth-order valence-electron chi connectivity index (χ4n) is 3.47. The third-order valence-electron chi connectivity index (χ3n) is 5.00. The van der Waals surface area contributed by atoms with E-state index in [4.69, 9.17) is 0 Å². The van der Waals surface area contributed by atoms with Gasteiger partial charge in [0.15, 0.2) is 0 Å². The first kappa shape index (κ1) is 23.7. The number of hydrazone groups is 1. The Hall–Kier alpha value is -2.91. The Morgan fingerprint density at radius 3 is 2.50 bits per heavy atom. The number of hydrogen-bond donors (Lipinski definition) is 1. The van der Waals surface area contributed by atoms with Gasteiger partial charge in [0, 0.05) is 27.1 Å². The highest BCUT2D eigenvalue weighted by molar-refractivity contribution is 9.10. The number of anilines is 1. The highest BCUT2D eigenvalue weighted by Crippen LogP contribution is 2.23. The second-order valence-corrected chi connectivity index (χ2v) is 10.3. The highest BCUT2D eigenvalue weighted by atomic mass is 79.9. The van der Waals surface area contributed by atoms with Crippen LogP contribution in [0.15, 0.2) is 64.2 Å². The molecule has 168 valence electrons. The molecule has 0 atom stereocenters. The Morgan fingerprint density at radius 1 is 1.12 bits per heavy atom. The first-order valence-electron chi connectivity index (χ1n) is 9.88. The van der Waals surface area contributed by atoms with Crippen molar-refractivity contribution in [2.24, 2.45) is 5.10 Å². The van der Waals surface area contributed by atoms with E-state index < -0.39 is 15.9 Å². The van der Waals surface area contributed by atoms with E-state index in [0.717, 1.165) is 38.8 Å². The standard InChI is InChI=1S/C23H25BrN4O3S/c1-16-8-5-6-11-22(16)28-17(2)12-19(18(28)3)14-25-26-23(29)15-27(32(4,30)31)21-10-7-9-20(24)13-21/h5-14H,15H2,1-4H3,(H,26,29). The average Bonchev–Trinajstić information content (AvgIpc) is 2.99. The molecule has 1 N–H and O–H groups in total. The molecule has 0 spiro atoms. The van der Waals surface area contributed by atoms with Crippen LogP contribution < -0.4 is 9.73 Å². The quantitative estimate of drug-likeness (QED) is 0.379. The lowest BCUT2D eigenvalue weighted by atomic mass is 10.2. The van der Waals surface area contributed by atoms with Crippen LogP contribution >= 0.6 is 15.9 Å². The first-order valence-corrected chi connectivity index (χ1v) is 12.5. The fourth-order valence-corrected chi connectivity index (χ4v) is 4.71. The molecule has 0 unspecified atom stereocenters. The molecule has 0 aliphatic rings. The molecule has 3 aromatic rings. The van der Waals surface area contributed by atoms with Gasteiger partial charge in [-0.1, -0.05) is 40.2 Å². The molecule has 0 saturated carbocycles. The van der Waals surface area contributed by atoms with Crippen molar-refractivity contribution in [2.45, 2.75) is 20.8 Å². The van der Waals surface area contributed by atoms with Crippen LogP contribution in [0, 0.1) is 20.8 Å². The van der Waals surface area contributed by atoms with Gasteiger partial charge in [0.25, 0.3) is 5.91 Å². The maximum Gasteiger partial charge on any atom is 0.260 e. The summed E-state index contributed by atoms with van der Waals surface area (Å²) < 4.78 is 28.3. The van der Waals surface area contributed by atoms with Gasteiger partial charge in [0.2, 0.25) is 10.0 Å². The Balaban J connectivity index is 1.75. The summed E-state index contributed by atoms with van der Waals surface area (Å²) >= 11 is 3.32. The second-order valence-electron chi connectivity index (χ2n) is 7.49. The zero-order chi connectivity index (χ0) is 23.5. The molecule has 32 heavy (non-hydrogen) atoms. The molecule has 1 aromatic heterocycles. The van der Waals surface area contributed by atoms with E-state index >= 15 is 0 Å². The Bertz CT molecular complexity index is 1280. The molecule has 3 rings (SSSR count). The van der Waals surface area contributed by atoms with Crippen molar-refractivity contribution in [1.82, 2.24) is 9.99 Å². The molecular weight excluding hydrogens is 492 g/mol. The lowest BCUT2D eigenvalue weighted by Crippen LogP contribution is -2.39. The number of carbonyl (C=O) groups excluding carboxylic acids is 1. The molecule has 7 nitrogen and oxygen atoms in total. The first-order chi connectivity index (χ1) is 15.1. The normalized spacial score (nSPS) is 11.7. The number of nitrogens with one attached hydrogen (secondary N) is 1. The number of rotatable bonds is 7. The Labute approximate surface area is 196 Å². The SMILES string of the molecule is Cc1ccccc1-n1c(C)cc(C=NNC(=O)CN(c2cccc(Br)c2)S(C)(=O)=O)c1C. The number of nitrogens with zero attached hydrogens (tertiary/aromatic N) is 3. The van der Waals surface area contributed by atoms with Gasteiger partial charge in [-0.25, -0.2) is 13.8 Å². The van der Waals surface area contributed by atoms with Gasteiger partial charge >= 0.3 is 0 Å². The van der Waals surface area contributed by atoms with E-state index in [9.17, 15) is 13.2 Å². The van der Waals surface area contributed by atoms with Crippen molar-refractivity contribution in [3.8, 4) is 5.69 Å². The second kappa shape index (κ2) is 9.70. The summed E-state index contributed by atoms with van der Waals surface area (Å²) in [4.78, 5) is 12.4. The summed E-state index contributed by atoms with van der Waals surface area (Å²) in [6.07, 6.45) is 2.63. The van der Waals surface area contributed by atoms with Crippen molar-refractivity contribution in [2.75, 3.05) is 17.1 Å². The monoisotopic (exact) mass is 516 g/mol. The van der Waals surface area contributed by atoms with Crippen LogP contribution in [0.1, 0.15) is 22.5 Å². The van der Waals surface area contributed by atoms with E-state index in [1.807, 2.05) is 32.0 Å². The lowest BCUT2D eigenvalue weighted by molar-refractivity contribution is -0.119. The van der Waals surface area contributed by atoms with Crippen molar-refractivity contribution in [3.63, 3.8) is 0 Å². The third kappa shape index (κ3) is 5.46. The molecular formula is C23H25BrN4O3S. The number of para-hydroxylation sites is 1. The van der Waals surface area contributed by atoms with E-state index in [1.165, 1.54) is 0 Å². The molecule has 0 radical (unpaired) electrons. The van der Waals surface area contributed by atoms with Crippen molar-refractivity contribution in [3.05, 3.63) is 81.6 Å². The molecule has 0 aliphatic carbocycles. The van der Waals surface area contributed by atoms with Crippen LogP contribution in [0.25, 0.3) is 5.69 Å². The molecule has 1 heterocycles. The summed E-state index contributed by atoms with van der Waals surface area (Å²) in [5.74, 6) is -0.542. The molecule has 0 saturated heterocycles. The summed E-state index contributed by atoms with van der Waals surface area (Å²) in [7, 11) is -3.65. The number of benzene rings is 2. The number of halogens is 1. The summed E-state index contributed by atoms with van der Waals surface area (Å²) in [5, 5.41) is 4.05. The minimum atomic E-state index is -3.65. The van der Waals surface area contributed by atoms with Crippen molar-refractivity contribution >= 4 is 43.8 Å². The van der Waals surface area contributed by atoms with Crippen LogP contribution in [0.5, 0.6) is 0 Å². The van der Waals surface area contributed by atoms with Crippen LogP contribution in [0.2, 0.25) is 0 Å². The van der Waals surface area contributed by atoms with E-state index in [-0.39, 0.29) is 6.54 Å². The summed E-state index contributed by atoms with van der Waals surface area (Å²) in [6.45, 7) is 5.68. The third-order valence-corrected chi connectivity index (χ3v) is 6.64. The average molecular weight is 517 g/mol. The van der Waals surface area contributed by atoms with Crippen molar-refractivity contribution < 1.29 is 13.2 Å². The van der Waals surface area contributed by atoms with Crippen molar-refractivity contribution in [1.29, 1.82) is 0 Å². The maximum atomic E-state index is 12.4. The fraction of sp³-hybridized carbons (Fsp3) is 0.217. The molecule has 0 fully saturated rings. The largest absolute Gasteiger partial charge is 0.318 e. The van der Waals surface area contributed by atoms with Gasteiger partial charge in [-0.3, -0.25) is 9.10 Å². The van der Waals surface area contributed by atoms with E-state index in [1.54, 1.807) is 30.5 Å². The Kier molecular flexibility index (Phi) is 7.20. The van der Waals surface area contributed by atoms with Crippen LogP contribution in [0.3, 0.4) is 0 Å². The predicted octanol–water partition coefficient (Wildman–Crippen LogP) is 4.08. The van der Waals surface area contributed by atoms with Gasteiger partial charge < -0.3 is 4.57 Å².